The van der Waals surface area contributed by atoms with Crippen LogP contribution in [0.3, 0.4) is 0 Å². The van der Waals surface area contributed by atoms with Crippen LogP contribution in [0.25, 0.3) is 0 Å². The molecule has 1 aliphatic heterocycles. The molecule has 1 saturated heterocycles. The van der Waals surface area contributed by atoms with Gasteiger partial charge < -0.3 is 5.32 Å². The van der Waals surface area contributed by atoms with Crippen molar-refractivity contribution in [2.24, 2.45) is 5.92 Å². The second-order valence-corrected chi connectivity index (χ2v) is 8.33. The summed E-state index contributed by atoms with van der Waals surface area (Å²) in [5.41, 5.74) is 1.39. The van der Waals surface area contributed by atoms with Crippen LogP contribution in [0.5, 0.6) is 0 Å². The van der Waals surface area contributed by atoms with Gasteiger partial charge in [0.15, 0.2) is 0 Å². The van der Waals surface area contributed by atoms with E-state index in [1.54, 1.807) is 0 Å². The zero-order valence-corrected chi connectivity index (χ0v) is 14.4. The molecule has 1 aliphatic rings. The van der Waals surface area contributed by atoms with Gasteiger partial charge in [-0.05, 0) is 12.3 Å². The van der Waals surface area contributed by atoms with Crippen molar-refractivity contribution in [1.29, 1.82) is 0 Å². The second-order valence-electron chi connectivity index (χ2n) is 7.39. The Balaban J connectivity index is 1.91. The van der Waals surface area contributed by atoms with E-state index in [9.17, 15) is 0 Å². The number of hydrogen-bond donors (Lipinski definition) is 1. The van der Waals surface area contributed by atoms with Gasteiger partial charge in [-0.1, -0.05) is 34.6 Å². The van der Waals surface area contributed by atoms with Crippen LogP contribution in [0.4, 0.5) is 0 Å². The van der Waals surface area contributed by atoms with E-state index in [1.165, 1.54) is 17.1 Å². The molecule has 0 bridgehead atoms. The number of piperazine rings is 1. The molecule has 4 heteroatoms. The quantitative estimate of drug-likeness (QED) is 0.924. The van der Waals surface area contributed by atoms with Crippen LogP contribution in [0, 0.1) is 5.92 Å². The van der Waals surface area contributed by atoms with E-state index >= 15 is 0 Å². The topological polar surface area (TPSA) is 28.2 Å². The summed E-state index contributed by atoms with van der Waals surface area (Å²) in [7, 11) is 0. The summed E-state index contributed by atoms with van der Waals surface area (Å²) in [6, 6.07) is 0.644. The van der Waals surface area contributed by atoms with E-state index in [0.717, 1.165) is 32.1 Å². The molecule has 1 N–H and O–H groups in total. The van der Waals surface area contributed by atoms with Gasteiger partial charge in [-0.2, -0.15) is 0 Å². The lowest BCUT2D eigenvalue weighted by molar-refractivity contribution is 0.179. The van der Waals surface area contributed by atoms with Crippen LogP contribution in [-0.4, -0.2) is 35.6 Å². The maximum absolute atomic E-state index is 4.82. The smallest absolute Gasteiger partial charge is 0.107 e. The van der Waals surface area contributed by atoms with Gasteiger partial charge in [-0.15, -0.1) is 11.3 Å². The van der Waals surface area contributed by atoms with Gasteiger partial charge in [0.05, 0.1) is 12.2 Å². The molecule has 1 unspecified atom stereocenters. The Morgan fingerprint density at radius 1 is 1.45 bits per heavy atom. The van der Waals surface area contributed by atoms with E-state index in [1.807, 2.05) is 11.3 Å². The maximum atomic E-state index is 4.82. The van der Waals surface area contributed by atoms with Gasteiger partial charge >= 0.3 is 0 Å². The Morgan fingerprint density at radius 2 is 2.20 bits per heavy atom. The number of aromatic nitrogens is 1. The Kier molecular flexibility index (Phi) is 5.21. The molecule has 0 aliphatic carbocycles. The predicted octanol–water partition coefficient (Wildman–Crippen LogP) is 3.26. The van der Waals surface area contributed by atoms with Crippen molar-refractivity contribution in [3.8, 4) is 0 Å². The maximum Gasteiger partial charge on any atom is 0.107 e. The second kappa shape index (κ2) is 6.54. The number of thiazole rings is 1. The summed E-state index contributed by atoms with van der Waals surface area (Å²) in [6.45, 7) is 15.7. The first-order valence-corrected chi connectivity index (χ1v) is 8.63. The SMILES string of the molecule is CC(C)CC1CN(Cc2nc(C(C)(C)C)cs2)CCN1. The molecule has 0 aromatic carbocycles. The molecule has 1 aromatic rings. The van der Waals surface area contributed by atoms with Crippen LogP contribution in [-0.2, 0) is 12.0 Å². The molecule has 2 heterocycles. The first kappa shape index (κ1) is 15.9. The minimum Gasteiger partial charge on any atom is -0.311 e. The lowest BCUT2D eigenvalue weighted by atomic mass is 9.93. The van der Waals surface area contributed by atoms with Crippen molar-refractivity contribution in [1.82, 2.24) is 15.2 Å². The van der Waals surface area contributed by atoms with Crippen LogP contribution >= 0.6 is 11.3 Å². The molecule has 2 rings (SSSR count). The molecule has 0 saturated carbocycles. The van der Waals surface area contributed by atoms with Gasteiger partial charge in [-0.25, -0.2) is 4.98 Å². The van der Waals surface area contributed by atoms with E-state index in [2.05, 4.69) is 50.2 Å². The highest BCUT2D eigenvalue weighted by atomic mass is 32.1. The lowest BCUT2D eigenvalue weighted by Crippen LogP contribution is -2.50. The third-order valence-electron chi connectivity index (χ3n) is 3.77. The molecule has 0 amide bonds. The van der Waals surface area contributed by atoms with Gasteiger partial charge in [0.25, 0.3) is 0 Å². The molecule has 0 spiro atoms. The monoisotopic (exact) mass is 295 g/mol. The van der Waals surface area contributed by atoms with E-state index in [4.69, 9.17) is 4.98 Å². The normalized spacial score (nSPS) is 21.6. The molecule has 1 atom stereocenters. The van der Waals surface area contributed by atoms with Crippen LogP contribution in [0.1, 0.15) is 51.7 Å². The standard InChI is InChI=1S/C16H29N3S/c1-12(2)8-13-9-19(7-6-17-13)10-15-18-14(11-20-15)16(3,4)5/h11-13,17H,6-10H2,1-5H3. The van der Waals surface area contributed by atoms with Gasteiger partial charge in [-0.3, -0.25) is 4.90 Å². The Hall–Kier alpha value is -0.450. The molecule has 1 aromatic heterocycles. The Labute approximate surface area is 127 Å². The highest BCUT2D eigenvalue weighted by Gasteiger charge is 2.22. The fourth-order valence-electron chi connectivity index (χ4n) is 2.68. The number of hydrogen-bond acceptors (Lipinski definition) is 4. The average molecular weight is 295 g/mol. The lowest BCUT2D eigenvalue weighted by Gasteiger charge is -2.34. The first-order chi connectivity index (χ1) is 9.34. The summed E-state index contributed by atoms with van der Waals surface area (Å²) in [5.74, 6) is 0.764. The summed E-state index contributed by atoms with van der Waals surface area (Å²) >= 11 is 1.81. The summed E-state index contributed by atoms with van der Waals surface area (Å²) in [5, 5.41) is 7.13. The Morgan fingerprint density at radius 3 is 2.80 bits per heavy atom. The third-order valence-corrected chi connectivity index (χ3v) is 4.61. The fourth-order valence-corrected chi connectivity index (χ4v) is 3.75. The predicted molar refractivity (Wildman–Crippen MR) is 87.3 cm³/mol. The van der Waals surface area contributed by atoms with Crippen molar-refractivity contribution < 1.29 is 0 Å². The van der Waals surface area contributed by atoms with Crippen molar-refractivity contribution in [2.75, 3.05) is 19.6 Å². The molecule has 114 valence electrons. The summed E-state index contributed by atoms with van der Waals surface area (Å²) < 4.78 is 0. The largest absolute Gasteiger partial charge is 0.311 e. The zero-order chi connectivity index (χ0) is 14.8. The van der Waals surface area contributed by atoms with Crippen LogP contribution in [0.2, 0.25) is 0 Å². The van der Waals surface area contributed by atoms with Gasteiger partial charge in [0, 0.05) is 36.5 Å². The fraction of sp³-hybridized carbons (Fsp3) is 0.812. The summed E-state index contributed by atoms with van der Waals surface area (Å²) in [6.07, 6.45) is 1.27. The van der Waals surface area contributed by atoms with Crippen LogP contribution < -0.4 is 5.32 Å². The molecule has 20 heavy (non-hydrogen) atoms. The number of nitrogens with zero attached hydrogens (tertiary/aromatic N) is 2. The van der Waals surface area contributed by atoms with Gasteiger partial charge in [0.2, 0.25) is 0 Å². The van der Waals surface area contributed by atoms with Crippen molar-refractivity contribution >= 4 is 11.3 Å². The summed E-state index contributed by atoms with van der Waals surface area (Å²) in [4.78, 5) is 7.37. The van der Waals surface area contributed by atoms with E-state index < -0.39 is 0 Å². The van der Waals surface area contributed by atoms with E-state index in [-0.39, 0.29) is 5.41 Å². The minimum absolute atomic E-state index is 0.165. The molecular formula is C16H29N3S. The molecular weight excluding hydrogens is 266 g/mol. The average Bonchev–Trinajstić information content (AvgIpc) is 2.76. The van der Waals surface area contributed by atoms with Crippen molar-refractivity contribution in [3.63, 3.8) is 0 Å². The van der Waals surface area contributed by atoms with Gasteiger partial charge in [0.1, 0.15) is 5.01 Å². The van der Waals surface area contributed by atoms with Crippen molar-refractivity contribution in [2.45, 2.75) is 59.0 Å². The minimum atomic E-state index is 0.165. The van der Waals surface area contributed by atoms with Crippen molar-refractivity contribution in [3.05, 3.63) is 16.1 Å². The molecule has 3 nitrogen and oxygen atoms in total. The highest BCUT2D eigenvalue weighted by Crippen LogP contribution is 2.24. The highest BCUT2D eigenvalue weighted by molar-refractivity contribution is 7.09. The van der Waals surface area contributed by atoms with Crippen LogP contribution in [0.15, 0.2) is 5.38 Å². The zero-order valence-electron chi connectivity index (χ0n) is 13.6. The molecule has 0 radical (unpaired) electrons. The number of rotatable bonds is 4. The third kappa shape index (κ3) is 4.54. The molecule has 1 fully saturated rings. The first-order valence-electron chi connectivity index (χ1n) is 7.75. The Bertz CT molecular complexity index is 420. The van der Waals surface area contributed by atoms with E-state index in [0.29, 0.717) is 6.04 Å². The number of nitrogens with one attached hydrogen (secondary N) is 1.